The van der Waals surface area contributed by atoms with Gasteiger partial charge in [-0.3, -0.25) is 9.59 Å². The van der Waals surface area contributed by atoms with E-state index >= 15 is 0 Å². The Bertz CT molecular complexity index is 745. The Morgan fingerprint density at radius 2 is 1.58 bits per heavy atom. The van der Waals surface area contributed by atoms with E-state index in [-0.39, 0.29) is 24.5 Å². The van der Waals surface area contributed by atoms with Gasteiger partial charge in [0.05, 0.1) is 12.7 Å². The van der Waals surface area contributed by atoms with Gasteiger partial charge in [0, 0.05) is 18.5 Å². The van der Waals surface area contributed by atoms with Crippen LogP contribution in [0.25, 0.3) is 0 Å². The number of nitrogens with one attached hydrogen (secondary N) is 1. The molecule has 0 aliphatic carbocycles. The Hall–Kier alpha value is -2.62. The maximum atomic E-state index is 12.4. The normalized spacial score (nSPS) is 10.3. The predicted molar refractivity (Wildman–Crippen MR) is 95.8 cm³/mol. The zero-order chi connectivity index (χ0) is 17.7. The van der Waals surface area contributed by atoms with Gasteiger partial charge in [-0.15, -0.1) is 0 Å². The van der Waals surface area contributed by atoms with E-state index < -0.39 is 0 Å². The molecule has 0 saturated carbocycles. The van der Waals surface area contributed by atoms with Crippen molar-refractivity contribution in [3.63, 3.8) is 0 Å². The average Bonchev–Trinajstić information content (AvgIpc) is 2.51. The van der Waals surface area contributed by atoms with Crippen molar-refractivity contribution in [2.24, 2.45) is 0 Å². The van der Waals surface area contributed by atoms with E-state index in [1.807, 2.05) is 45.0 Å². The van der Waals surface area contributed by atoms with Crippen LogP contribution < -0.4 is 10.1 Å². The van der Waals surface area contributed by atoms with Crippen molar-refractivity contribution in [1.29, 1.82) is 0 Å². The molecule has 0 fully saturated rings. The van der Waals surface area contributed by atoms with Crippen LogP contribution in [0, 0.1) is 20.8 Å². The number of carbonyl (C=O) groups excluding carboxylic acids is 2. The van der Waals surface area contributed by atoms with Crippen molar-refractivity contribution < 1.29 is 14.3 Å². The summed E-state index contributed by atoms with van der Waals surface area (Å²) in [5.74, 6) is 0.284. The summed E-state index contributed by atoms with van der Waals surface area (Å²) in [7, 11) is 1.54. The molecule has 2 rings (SSSR count). The zero-order valence-corrected chi connectivity index (χ0v) is 14.6. The van der Waals surface area contributed by atoms with Crippen molar-refractivity contribution in [2.45, 2.75) is 33.6 Å². The van der Waals surface area contributed by atoms with Crippen molar-refractivity contribution in [1.82, 2.24) is 0 Å². The van der Waals surface area contributed by atoms with E-state index in [0.717, 1.165) is 22.4 Å². The van der Waals surface area contributed by atoms with E-state index in [2.05, 4.69) is 5.32 Å². The van der Waals surface area contributed by atoms with E-state index in [9.17, 15) is 9.59 Å². The number of rotatable bonds is 6. The molecule has 2 aromatic carbocycles. The second-order valence-electron chi connectivity index (χ2n) is 6.05. The number of benzene rings is 2. The fraction of sp³-hybridized carbons (Fsp3) is 0.300. The van der Waals surface area contributed by atoms with Crippen molar-refractivity contribution in [2.75, 3.05) is 12.4 Å². The van der Waals surface area contributed by atoms with E-state index in [0.29, 0.717) is 11.3 Å². The Balaban J connectivity index is 1.98. The van der Waals surface area contributed by atoms with Crippen LogP contribution >= 0.6 is 0 Å². The molecule has 0 heterocycles. The van der Waals surface area contributed by atoms with Crippen LogP contribution in [0.4, 0.5) is 5.69 Å². The first-order valence-electron chi connectivity index (χ1n) is 7.95. The van der Waals surface area contributed by atoms with Crippen molar-refractivity contribution >= 4 is 17.4 Å². The highest BCUT2D eigenvalue weighted by Crippen LogP contribution is 2.22. The molecule has 24 heavy (non-hydrogen) atoms. The zero-order valence-electron chi connectivity index (χ0n) is 14.6. The molecule has 4 heteroatoms. The standard InChI is InChI=1S/C20H23NO3/c1-13-5-7-19(24-4)17(12-13)18(22)6-8-20(23)21-16-10-14(2)9-15(3)11-16/h5,7,9-12H,6,8H2,1-4H3,(H,21,23). The minimum Gasteiger partial charge on any atom is -0.496 e. The smallest absolute Gasteiger partial charge is 0.224 e. The summed E-state index contributed by atoms with van der Waals surface area (Å²) in [6, 6.07) is 11.3. The molecule has 2 aromatic rings. The number of carbonyl (C=O) groups is 2. The molecule has 1 N–H and O–H groups in total. The lowest BCUT2D eigenvalue weighted by Gasteiger charge is -2.09. The molecule has 0 unspecified atom stereocenters. The first-order chi connectivity index (χ1) is 11.4. The molecular weight excluding hydrogens is 302 g/mol. The number of amides is 1. The Morgan fingerprint density at radius 3 is 2.21 bits per heavy atom. The number of anilines is 1. The molecule has 1 amide bonds. The van der Waals surface area contributed by atoms with Gasteiger partial charge in [-0.25, -0.2) is 0 Å². The molecular formula is C20H23NO3. The van der Waals surface area contributed by atoms with E-state index in [4.69, 9.17) is 4.74 Å². The highest BCUT2D eigenvalue weighted by Gasteiger charge is 2.14. The molecule has 0 aromatic heterocycles. The van der Waals surface area contributed by atoms with Crippen molar-refractivity contribution in [3.8, 4) is 5.75 Å². The van der Waals surface area contributed by atoms with Crippen LogP contribution in [0.1, 0.15) is 39.9 Å². The Morgan fingerprint density at radius 1 is 0.917 bits per heavy atom. The Kier molecular flexibility index (Phi) is 5.74. The number of ketones is 1. The largest absolute Gasteiger partial charge is 0.496 e. The third-order valence-electron chi connectivity index (χ3n) is 3.74. The summed E-state index contributed by atoms with van der Waals surface area (Å²) in [5.41, 5.74) is 4.45. The molecule has 0 aliphatic rings. The third-order valence-corrected chi connectivity index (χ3v) is 3.74. The topological polar surface area (TPSA) is 55.4 Å². The number of hydrogen-bond acceptors (Lipinski definition) is 3. The molecule has 0 spiro atoms. The van der Waals surface area contributed by atoms with Gasteiger partial charge in [-0.2, -0.15) is 0 Å². The van der Waals surface area contributed by atoms with E-state index in [1.165, 1.54) is 7.11 Å². The van der Waals surface area contributed by atoms with Crippen LogP contribution in [0.2, 0.25) is 0 Å². The summed E-state index contributed by atoms with van der Waals surface area (Å²) >= 11 is 0. The second kappa shape index (κ2) is 7.77. The lowest BCUT2D eigenvalue weighted by molar-refractivity contribution is -0.116. The number of methoxy groups -OCH3 is 1. The first kappa shape index (κ1) is 17.7. The Labute approximate surface area is 142 Å². The first-order valence-corrected chi connectivity index (χ1v) is 7.95. The molecule has 0 saturated heterocycles. The highest BCUT2D eigenvalue weighted by atomic mass is 16.5. The van der Waals surface area contributed by atoms with Gasteiger partial charge in [-0.1, -0.05) is 17.7 Å². The lowest BCUT2D eigenvalue weighted by Crippen LogP contribution is -2.14. The van der Waals surface area contributed by atoms with E-state index in [1.54, 1.807) is 12.1 Å². The van der Waals surface area contributed by atoms with Gasteiger partial charge in [-0.05, 0) is 56.2 Å². The predicted octanol–water partition coefficient (Wildman–Crippen LogP) is 4.22. The SMILES string of the molecule is COc1ccc(C)cc1C(=O)CCC(=O)Nc1cc(C)cc(C)c1. The second-order valence-corrected chi connectivity index (χ2v) is 6.05. The fourth-order valence-electron chi connectivity index (χ4n) is 2.67. The maximum Gasteiger partial charge on any atom is 0.224 e. The van der Waals surface area contributed by atoms with Crippen LogP contribution in [0.15, 0.2) is 36.4 Å². The third kappa shape index (κ3) is 4.69. The number of Topliss-reactive ketones (excluding diaryl/α,β-unsaturated/α-hetero) is 1. The molecule has 0 atom stereocenters. The minimum absolute atomic E-state index is 0.0916. The van der Waals surface area contributed by atoms with Gasteiger partial charge in [0.1, 0.15) is 5.75 Å². The molecule has 0 radical (unpaired) electrons. The average molecular weight is 325 g/mol. The molecule has 0 bridgehead atoms. The van der Waals surface area contributed by atoms with Gasteiger partial charge in [0.25, 0.3) is 0 Å². The molecule has 126 valence electrons. The van der Waals surface area contributed by atoms with Crippen LogP contribution in [0.3, 0.4) is 0 Å². The summed E-state index contributed by atoms with van der Waals surface area (Å²) in [5, 5.41) is 2.85. The van der Waals surface area contributed by atoms with Crippen LogP contribution in [0.5, 0.6) is 5.75 Å². The van der Waals surface area contributed by atoms with Gasteiger partial charge < -0.3 is 10.1 Å². The van der Waals surface area contributed by atoms with Crippen LogP contribution in [-0.2, 0) is 4.79 Å². The molecule has 4 nitrogen and oxygen atoms in total. The van der Waals surface area contributed by atoms with Crippen molar-refractivity contribution in [3.05, 3.63) is 58.7 Å². The molecule has 0 aliphatic heterocycles. The highest BCUT2D eigenvalue weighted by molar-refractivity contribution is 6.01. The monoisotopic (exact) mass is 325 g/mol. The maximum absolute atomic E-state index is 12.4. The minimum atomic E-state index is -0.167. The quantitative estimate of drug-likeness (QED) is 0.809. The van der Waals surface area contributed by atoms with Crippen LogP contribution in [-0.4, -0.2) is 18.8 Å². The summed E-state index contributed by atoms with van der Waals surface area (Å²) in [4.78, 5) is 24.5. The lowest BCUT2D eigenvalue weighted by atomic mass is 10.0. The van der Waals surface area contributed by atoms with Gasteiger partial charge in [0.15, 0.2) is 5.78 Å². The summed E-state index contributed by atoms with van der Waals surface area (Å²) in [6.45, 7) is 5.88. The number of ether oxygens (including phenoxy) is 1. The van der Waals surface area contributed by atoms with Gasteiger partial charge >= 0.3 is 0 Å². The summed E-state index contributed by atoms with van der Waals surface area (Å²) < 4.78 is 5.23. The number of hydrogen-bond donors (Lipinski definition) is 1. The fourth-order valence-corrected chi connectivity index (χ4v) is 2.67. The number of aryl methyl sites for hydroxylation is 3. The van der Waals surface area contributed by atoms with Gasteiger partial charge in [0.2, 0.25) is 5.91 Å². The summed E-state index contributed by atoms with van der Waals surface area (Å²) in [6.07, 6.45) is 0.291.